The zero-order valence-electron chi connectivity index (χ0n) is 13.1. The highest BCUT2D eigenvalue weighted by Gasteiger charge is 2.24. The number of nitrogens with zero attached hydrogens (tertiary/aromatic N) is 1. The van der Waals surface area contributed by atoms with Gasteiger partial charge in [-0.1, -0.05) is 6.07 Å². The summed E-state index contributed by atoms with van der Waals surface area (Å²) in [6.45, 7) is 0.279. The first-order valence-electron chi connectivity index (χ1n) is 6.79. The summed E-state index contributed by atoms with van der Waals surface area (Å²) < 4.78 is 31.7. The summed E-state index contributed by atoms with van der Waals surface area (Å²) in [7, 11) is 0.720. The number of rotatable bonds is 6. The van der Waals surface area contributed by atoms with Crippen LogP contribution in [0.1, 0.15) is 15.2 Å². The summed E-state index contributed by atoms with van der Waals surface area (Å²) in [5.74, 6) is -0.0796. The first kappa shape index (κ1) is 17.5. The first-order valence-corrected chi connectivity index (χ1v) is 9.11. The van der Waals surface area contributed by atoms with Gasteiger partial charge in [-0.05, 0) is 29.6 Å². The van der Waals surface area contributed by atoms with Crippen molar-refractivity contribution >= 4 is 27.3 Å². The highest BCUT2D eigenvalue weighted by molar-refractivity contribution is 7.89. The van der Waals surface area contributed by atoms with Gasteiger partial charge in [-0.15, -0.1) is 11.3 Å². The van der Waals surface area contributed by atoms with E-state index in [1.165, 1.54) is 55.0 Å². The van der Waals surface area contributed by atoms with Gasteiger partial charge < -0.3 is 10.1 Å². The largest absolute Gasteiger partial charge is 0.496 e. The van der Waals surface area contributed by atoms with Crippen LogP contribution in [-0.2, 0) is 16.6 Å². The normalized spacial score (nSPS) is 11.5. The molecule has 124 valence electrons. The topological polar surface area (TPSA) is 75.7 Å². The smallest absolute Gasteiger partial charge is 0.254 e. The molecule has 2 aromatic rings. The molecule has 2 rings (SSSR count). The molecule has 8 heteroatoms. The molecular weight excluding hydrogens is 336 g/mol. The van der Waals surface area contributed by atoms with E-state index in [0.29, 0.717) is 5.75 Å². The van der Waals surface area contributed by atoms with Gasteiger partial charge in [0.25, 0.3) is 5.91 Å². The molecule has 0 unspecified atom stereocenters. The minimum atomic E-state index is -3.70. The lowest BCUT2D eigenvalue weighted by Gasteiger charge is -2.17. The number of methoxy groups -OCH3 is 1. The van der Waals surface area contributed by atoms with Crippen LogP contribution in [0.15, 0.2) is 40.6 Å². The second-order valence-electron chi connectivity index (χ2n) is 4.78. The van der Waals surface area contributed by atoms with E-state index in [1.54, 1.807) is 0 Å². The Bertz CT molecular complexity index is 786. The Balaban J connectivity index is 2.37. The maximum absolute atomic E-state index is 12.7. The van der Waals surface area contributed by atoms with Gasteiger partial charge in [0.05, 0.1) is 17.6 Å². The van der Waals surface area contributed by atoms with E-state index in [1.807, 2.05) is 17.5 Å². The molecule has 6 nitrogen and oxygen atoms in total. The number of amides is 1. The summed E-state index contributed by atoms with van der Waals surface area (Å²) in [4.78, 5) is 12.9. The quantitative estimate of drug-likeness (QED) is 0.860. The van der Waals surface area contributed by atoms with E-state index in [9.17, 15) is 13.2 Å². The van der Waals surface area contributed by atoms with E-state index < -0.39 is 15.9 Å². The van der Waals surface area contributed by atoms with Crippen LogP contribution in [0.4, 0.5) is 0 Å². The highest BCUT2D eigenvalue weighted by atomic mass is 32.2. The number of ether oxygens (including phenoxy) is 1. The van der Waals surface area contributed by atoms with Crippen LogP contribution in [0.3, 0.4) is 0 Å². The monoisotopic (exact) mass is 354 g/mol. The summed E-state index contributed by atoms with van der Waals surface area (Å²) in [6, 6.07) is 8.00. The Morgan fingerprint density at radius 1 is 1.35 bits per heavy atom. The zero-order chi connectivity index (χ0) is 17.0. The van der Waals surface area contributed by atoms with Gasteiger partial charge in [0.15, 0.2) is 0 Å². The Kier molecular flexibility index (Phi) is 5.40. The third-order valence-electron chi connectivity index (χ3n) is 3.31. The maximum Gasteiger partial charge on any atom is 0.254 e. The van der Waals surface area contributed by atoms with Gasteiger partial charge in [0.2, 0.25) is 10.0 Å². The molecule has 0 aliphatic carbocycles. The number of hydrogen-bond acceptors (Lipinski definition) is 5. The molecule has 0 radical (unpaired) electrons. The van der Waals surface area contributed by atoms with Gasteiger partial charge >= 0.3 is 0 Å². The number of hydrogen-bond donors (Lipinski definition) is 1. The molecule has 23 heavy (non-hydrogen) atoms. The molecule has 1 amide bonds. The number of carbonyl (C=O) groups excluding carboxylic acids is 1. The average molecular weight is 354 g/mol. The van der Waals surface area contributed by atoms with Gasteiger partial charge in [-0.25, -0.2) is 8.42 Å². The molecule has 0 spiro atoms. The standard InChI is InChI=1S/C15H18N2O4S2/c1-16-15(18)13-9-12(6-7-14(13)21-3)23(19,20)17(2)10-11-5-4-8-22-11/h4-9H,10H2,1-3H3,(H,16,18). The first-order chi connectivity index (χ1) is 10.9. The molecule has 0 saturated heterocycles. The molecule has 0 aliphatic rings. The van der Waals surface area contributed by atoms with Crippen LogP contribution in [0.5, 0.6) is 5.75 Å². The number of benzene rings is 1. The highest BCUT2D eigenvalue weighted by Crippen LogP contribution is 2.25. The Labute approximate surface area is 139 Å². The zero-order valence-corrected chi connectivity index (χ0v) is 14.7. The number of thiophene rings is 1. The molecule has 0 bridgehead atoms. The lowest BCUT2D eigenvalue weighted by Crippen LogP contribution is -2.27. The van der Waals surface area contributed by atoms with E-state index in [2.05, 4.69) is 5.32 Å². The van der Waals surface area contributed by atoms with Crippen molar-refractivity contribution < 1.29 is 17.9 Å². The third-order valence-corrected chi connectivity index (χ3v) is 5.97. The van der Waals surface area contributed by atoms with Crippen LogP contribution in [0.2, 0.25) is 0 Å². The molecule has 0 fully saturated rings. The van der Waals surface area contributed by atoms with Crippen molar-refractivity contribution in [2.45, 2.75) is 11.4 Å². The van der Waals surface area contributed by atoms with Crippen LogP contribution in [0.25, 0.3) is 0 Å². The molecule has 1 aromatic heterocycles. The molecule has 1 N–H and O–H groups in total. The van der Waals surface area contributed by atoms with Crippen LogP contribution in [0, 0.1) is 0 Å². The SMILES string of the molecule is CNC(=O)c1cc(S(=O)(=O)N(C)Cc2cccs2)ccc1OC. The fourth-order valence-corrected chi connectivity index (χ4v) is 4.06. The van der Waals surface area contributed by atoms with Crippen LogP contribution in [-0.4, -0.2) is 39.8 Å². The fourth-order valence-electron chi connectivity index (χ4n) is 2.05. The van der Waals surface area contributed by atoms with Crippen molar-refractivity contribution in [3.63, 3.8) is 0 Å². The van der Waals surface area contributed by atoms with Crippen molar-refractivity contribution in [1.29, 1.82) is 0 Å². The van der Waals surface area contributed by atoms with Crippen molar-refractivity contribution in [1.82, 2.24) is 9.62 Å². The molecule has 0 saturated carbocycles. The Hall–Kier alpha value is -1.90. The van der Waals surface area contributed by atoms with Gasteiger partial charge in [0.1, 0.15) is 5.75 Å². The van der Waals surface area contributed by atoms with Gasteiger partial charge in [-0.2, -0.15) is 4.31 Å². The van der Waals surface area contributed by atoms with Crippen molar-refractivity contribution in [2.75, 3.05) is 21.2 Å². The summed E-state index contributed by atoms with van der Waals surface area (Å²) in [5, 5.41) is 4.37. The number of sulfonamides is 1. The second-order valence-corrected chi connectivity index (χ2v) is 7.86. The predicted octanol–water partition coefficient (Wildman–Crippen LogP) is 1.94. The summed E-state index contributed by atoms with van der Waals surface area (Å²) in [5.41, 5.74) is 0.181. The average Bonchev–Trinajstić information content (AvgIpc) is 3.06. The molecular formula is C15H18N2O4S2. The minimum absolute atomic E-state index is 0.0518. The van der Waals surface area contributed by atoms with E-state index in [4.69, 9.17) is 4.74 Å². The Morgan fingerprint density at radius 2 is 2.09 bits per heavy atom. The number of nitrogens with one attached hydrogen (secondary N) is 1. The maximum atomic E-state index is 12.7. The van der Waals surface area contributed by atoms with Gasteiger partial charge in [0, 0.05) is 25.5 Å². The van der Waals surface area contributed by atoms with E-state index in [0.717, 1.165) is 4.88 Å². The molecule has 0 atom stereocenters. The van der Waals surface area contributed by atoms with Crippen molar-refractivity contribution in [3.05, 3.63) is 46.2 Å². The lowest BCUT2D eigenvalue weighted by molar-refractivity contribution is 0.0960. The fraction of sp³-hybridized carbons (Fsp3) is 0.267. The van der Waals surface area contributed by atoms with Crippen LogP contribution < -0.4 is 10.1 Å². The third kappa shape index (κ3) is 3.72. The molecule has 1 aromatic carbocycles. The van der Waals surface area contributed by atoms with Crippen molar-refractivity contribution in [3.8, 4) is 5.75 Å². The lowest BCUT2D eigenvalue weighted by atomic mass is 10.2. The van der Waals surface area contributed by atoms with E-state index in [-0.39, 0.29) is 17.0 Å². The molecule has 0 aliphatic heterocycles. The minimum Gasteiger partial charge on any atom is -0.496 e. The van der Waals surface area contributed by atoms with E-state index >= 15 is 0 Å². The van der Waals surface area contributed by atoms with Crippen molar-refractivity contribution in [2.24, 2.45) is 0 Å². The second kappa shape index (κ2) is 7.12. The van der Waals surface area contributed by atoms with Gasteiger partial charge in [-0.3, -0.25) is 4.79 Å². The predicted molar refractivity (Wildman–Crippen MR) is 89.4 cm³/mol. The summed E-state index contributed by atoms with van der Waals surface area (Å²) >= 11 is 1.49. The van der Waals surface area contributed by atoms with Crippen LogP contribution >= 0.6 is 11.3 Å². The Morgan fingerprint density at radius 3 is 2.65 bits per heavy atom. The summed E-state index contributed by atoms with van der Waals surface area (Å²) in [6.07, 6.45) is 0. The molecule has 1 heterocycles. The number of carbonyl (C=O) groups is 1.